The Balaban J connectivity index is 1.92. The average Bonchev–Trinajstić information content (AvgIpc) is 2.87. The number of non-ortho nitro benzene ring substituents is 1. The minimum absolute atomic E-state index is 0.0663. The number of hydrogen-bond donors (Lipinski definition) is 0. The second-order valence-corrected chi connectivity index (χ2v) is 4.26. The Hall–Kier alpha value is -3.50. The lowest BCUT2D eigenvalue weighted by Gasteiger charge is -2.05. The van der Waals surface area contributed by atoms with E-state index in [0.717, 1.165) is 0 Å². The van der Waals surface area contributed by atoms with Gasteiger partial charge >= 0.3 is 12.1 Å². The zero-order valence-corrected chi connectivity index (χ0v) is 11.7. The Morgan fingerprint density at radius 2 is 1.87 bits per heavy atom. The molecule has 0 aliphatic carbocycles. The van der Waals surface area contributed by atoms with Crippen LogP contribution in [-0.2, 0) is 18.4 Å². The smallest absolute Gasteiger partial charge is 0.426 e. The Morgan fingerprint density at radius 3 is 2.39 bits per heavy atom. The Bertz CT molecular complexity index is 753. The molecule has 0 N–H and O–H groups in total. The molecule has 2 aromatic rings. The standard InChI is InChI=1S/C12H10N4O7/c1-14-9(6-13-11(14)16(20)21)7-22-12(17)23-10-4-2-8(3-5-10)15(18)19/h2-6H,7H2,1H3. The van der Waals surface area contributed by atoms with Crippen molar-refractivity contribution in [3.63, 3.8) is 0 Å². The van der Waals surface area contributed by atoms with E-state index >= 15 is 0 Å². The Kier molecular flexibility index (Phi) is 4.50. The van der Waals surface area contributed by atoms with Crippen LogP contribution in [-0.4, -0.2) is 25.6 Å². The highest BCUT2D eigenvalue weighted by Gasteiger charge is 2.19. The number of carbonyl (C=O) groups is 1. The second-order valence-electron chi connectivity index (χ2n) is 4.26. The third-order valence-electron chi connectivity index (χ3n) is 2.81. The second kappa shape index (κ2) is 6.51. The molecule has 1 heterocycles. The molecule has 11 heteroatoms. The van der Waals surface area contributed by atoms with E-state index in [9.17, 15) is 25.0 Å². The normalized spacial score (nSPS) is 10.1. The first-order valence-electron chi connectivity index (χ1n) is 6.12. The first-order valence-corrected chi connectivity index (χ1v) is 6.12. The largest absolute Gasteiger partial charge is 0.514 e. The van der Waals surface area contributed by atoms with Gasteiger partial charge in [0.25, 0.3) is 5.69 Å². The molecular formula is C12H10N4O7. The van der Waals surface area contributed by atoms with E-state index in [2.05, 4.69) is 4.98 Å². The van der Waals surface area contributed by atoms with Gasteiger partial charge in [-0.25, -0.2) is 9.36 Å². The van der Waals surface area contributed by atoms with Gasteiger partial charge in [0.05, 0.1) is 12.0 Å². The number of carbonyl (C=O) groups excluding carboxylic acids is 1. The lowest BCUT2D eigenvalue weighted by Crippen LogP contribution is -2.12. The Labute approximate surface area is 128 Å². The molecule has 0 bridgehead atoms. The molecule has 11 nitrogen and oxygen atoms in total. The summed E-state index contributed by atoms with van der Waals surface area (Å²) in [5.41, 5.74) is 0.158. The van der Waals surface area contributed by atoms with Gasteiger partial charge in [-0.2, -0.15) is 0 Å². The van der Waals surface area contributed by atoms with Crippen molar-refractivity contribution < 1.29 is 24.1 Å². The fraction of sp³-hybridized carbons (Fsp3) is 0.167. The zero-order chi connectivity index (χ0) is 17.0. The van der Waals surface area contributed by atoms with E-state index < -0.39 is 16.0 Å². The van der Waals surface area contributed by atoms with Crippen LogP contribution in [0.5, 0.6) is 5.75 Å². The summed E-state index contributed by atoms with van der Waals surface area (Å²) in [4.78, 5) is 35.0. The maximum atomic E-state index is 11.5. The maximum Gasteiger partial charge on any atom is 0.514 e. The van der Waals surface area contributed by atoms with Gasteiger partial charge in [-0.05, 0) is 17.1 Å². The van der Waals surface area contributed by atoms with Gasteiger partial charge in [-0.15, -0.1) is 0 Å². The molecule has 0 unspecified atom stereocenters. The Morgan fingerprint density at radius 1 is 1.22 bits per heavy atom. The van der Waals surface area contributed by atoms with Crippen molar-refractivity contribution in [3.8, 4) is 5.75 Å². The molecule has 120 valence electrons. The molecule has 0 aliphatic heterocycles. The summed E-state index contributed by atoms with van der Waals surface area (Å²) in [5.74, 6) is -0.316. The molecule has 0 atom stereocenters. The van der Waals surface area contributed by atoms with Crippen molar-refractivity contribution in [2.75, 3.05) is 0 Å². The quantitative estimate of drug-likeness (QED) is 0.352. The van der Waals surface area contributed by atoms with Crippen molar-refractivity contribution in [3.05, 3.63) is 56.4 Å². The molecule has 0 saturated carbocycles. The van der Waals surface area contributed by atoms with Crippen LogP contribution in [0.4, 0.5) is 16.4 Å². The minimum atomic E-state index is -1.05. The van der Waals surface area contributed by atoms with E-state index in [1.54, 1.807) is 0 Å². The first-order chi connectivity index (χ1) is 10.9. The third kappa shape index (κ3) is 3.78. The first kappa shape index (κ1) is 15.9. The van der Waals surface area contributed by atoms with Crippen LogP contribution in [0.3, 0.4) is 0 Å². The average molecular weight is 322 g/mol. The molecule has 1 aromatic carbocycles. The molecule has 0 fully saturated rings. The summed E-state index contributed by atoms with van der Waals surface area (Å²) < 4.78 is 10.8. The van der Waals surface area contributed by atoms with Gasteiger partial charge in [0.15, 0.2) is 12.3 Å². The lowest BCUT2D eigenvalue weighted by molar-refractivity contribution is -0.396. The van der Waals surface area contributed by atoms with Crippen LogP contribution in [0.15, 0.2) is 30.5 Å². The minimum Gasteiger partial charge on any atom is -0.426 e. The molecule has 0 amide bonds. The van der Waals surface area contributed by atoms with Crippen molar-refractivity contribution in [1.29, 1.82) is 0 Å². The number of imidazole rings is 1. The number of nitrogens with zero attached hydrogens (tertiary/aromatic N) is 4. The molecule has 0 saturated heterocycles. The summed E-state index contributed by atoms with van der Waals surface area (Å²) in [6.07, 6.45) is 0.153. The fourth-order valence-electron chi connectivity index (χ4n) is 1.63. The summed E-state index contributed by atoms with van der Waals surface area (Å²) in [6, 6.07) is 4.84. The maximum absolute atomic E-state index is 11.5. The van der Waals surface area contributed by atoms with Crippen molar-refractivity contribution in [2.45, 2.75) is 6.61 Å². The molecule has 0 aliphatic rings. The number of ether oxygens (including phenoxy) is 2. The zero-order valence-electron chi connectivity index (χ0n) is 11.7. The summed E-state index contributed by atoms with van der Waals surface area (Å²) in [7, 11) is 1.41. The molecule has 0 radical (unpaired) electrons. The predicted octanol–water partition coefficient (Wildman–Crippen LogP) is 1.95. The van der Waals surface area contributed by atoms with E-state index in [4.69, 9.17) is 9.47 Å². The van der Waals surface area contributed by atoms with Crippen LogP contribution in [0.25, 0.3) is 0 Å². The highest BCUT2D eigenvalue weighted by molar-refractivity contribution is 5.64. The van der Waals surface area contributed by atoms with Crippen LogP contribution in [0, 0.1) is 20.2 Å². The monoisotopic (exact) mass is 322 g/mol. The van der Waals surface area contributed by atoms with Gasteiger partial charge in [0.1, 0.15) is 11.9 Å². The van der Waals surface area contributed by atoms with Gasteiger partial charge in [-0.3, -0.25) is 10.1 Å². The lowest BCUT2D eigenvalue weighted by atomic mass is 10.3. The predicted molar refractivity (Wildman–Crippen MR) is 73.8 cm³/mol. The molecule has 23 heavy (non-hydrogen) atoms. The van der Waals surface area contributed by atoms with Gasteiger partial charge < -0.3 is 19.6 Å². The van der Waals surface area contributed by atoms with E-state index in [1.165, 1.54) is 42.1 Å². The van der Waals surface area contributed by atoms with Crippen molar-refractivity contribution in [1.82, 2.24) is 9.55 Å². The number of hydrogen-bond acceptors (Lipinski definition) is 8. The summed E-state index contributed by atoms with van der Waals surface area (Å²) in [6.45, 7) is -0.275. The van der Waals surface area contributed by atoms with Crippen molar-refractivity contribution >= 4 is 17.8 Å². The summed E-state index contributed by atoms with van der Waals surface area (Å²) >= 11 is 0. The molecule has 0 spiro atoms. The topological polar surface area (TPSA) is 140 Å². The van der Waals surface area contributed by atoms with Gasteiger partial charge in [0.2, 0.25) is 0 Å². The number of aromatic nitrogens is 2. The van der Waals surface area contributed by atoms with Crippen molar-refractivity contribution in [2.24, 2.45) is 7.05 Å². The summed E-state index contributed by atoms with van der Waals surface area (Å²) in [5, 5.41) is 21.1. The van der Waals surface area contributed by atoms with E-state index in [-0.39, 0.29) is 24.0 Å². The number of rotatable bonds is 5. The molecule has 1 aromatic heterocycles. The fourth-order valence-corrected chi connectivity index (χ4v) is 1.63. The molecule has 2 rings (SSSR count). The van der Waals surface area contributed by atoms with Crippen LogP contribution >= 0.6 is 0 Å². The SMILES string of the molecule is Cn1c(COC(=O)Oc2ccc([N+](=O)[O-])cc2)cnc1[N+](=O)[O-]. The van der Waals surface area contributed by atoms with Gasteiger partial charge in [-0.1, -0.05) is 4.98 Å². The highest BCUT2D eigenvalue weighted by Crippen LogP contribution is 2.18. The number of nitro benzene ring substituents is 1. The van der Waals surface area contributed by atoms with Crippen LogP contribution in [0.1, 0.15) is 5.69 Å². The number of benzene rings is 1. The van der Waals surface area contributed by atoms with E-state index in [0.29, 0.717) is 5.69 Å². The van der Waals surface area contributed by atoms with Crippen LogP contribution in [0.2, 0.25) is 0 Å². The highest BCUT2D eigenvalue weighted by atomic mass is 16.7. The van der Waals surface area contributed by atoms with Crippen LogP contribution < -0.4 is 4.74 Å². The van der Waals surface area contributed by atoms with Gasteiger partial charge in [0, 0.05) is 12.1 Å². The van der Waals surface area contributed by atoms with E-state index in [1.807, 2.05) is 0 Å². The number of nitro groups is 2. The molecular weight excluding hydrogens is 312 g/mol. The third-order valence-corrected chi connectivity index (χ3v) is 2.81.